The van der Waals surface area contributed by atoms with Crippen LogP contribution < -0.4 is 11.1 Å². The highest BCUT2D eigenvalue weighted by Crippen LogP contribution is 2.23. The first-order chi connectivity index (χ1) is 9.23. The quantitative estimate of drug-likeness (QED) is 0.836. The third-order valence-electron chi connectivity index (χ3n) is 3.06. The van der Waals surface area contributed by atoms with Crippen LogP contribution in [0.4, 0.5) is 5.69 Å². The van der Waals surface area contributed by atoms with Crippen molar-refractivity contribution in [3.05, 3.63) is 28.2 Å². The second-order valence-electron chi connectivity index (χ2n) is 6.07. The predicted octanol–water partition coefficient (Wildman–Crippen LogP) is 2.61. The number of anilines is 1. The van der Waals surface area contributed by atoms with Gasteiger partial charge in [-0.25, -0.2) is 0 Å². The van der Waals surface area contributed by atoms with Crippen LogP contribution in [-0.2, 0) is 4.79 Å². The second-order valence-corrected chi connectivity index (χ2v) is 6.93. The Labute approximate surface area is 129 Å². The second kappa shape index (κ2) is 7.20. The maximum atomic E-state index is 12.0. The molecule has 0 spiro atoms. The van der Waals surface area contributed by atoms with E-state index in [0.29, 0.717) is 13.1 Å². The number of benzene rings is 1. The summed E-state index contributed by atoms with van der Waals surface area (Å²) < 4.78 is 0.899. The summed E-state index contributed by atoms with van der Waals surface area (Å²) in [7, 11) is 1.93. The minimum Gasteiger partial charge on any atom is -0.330 e. The first-order valence-electron chi connectivity index (χ1n) is 6.68. The lowest BCUT2D eigenvalue weighted by Gasteiger charge is -2.28. The summed E-state index contributed by atoms with van der Waals surface area (Å²) in [5, 5.41) is 2.91. The number of nitrogens with zero attached hydrogens (tertiary/aromatic N) is 1. The van der Waals surface area contributed by atoms with E-state index in [1.807, 2.05) is 37.1 Å². The Kier molecular flexibility index (Phi) is 6.17. The van der Waals surface area contributed by atoms with Gasteiger partial charge in [0, 0.05) is 11.0 Å². The van der Waals surface area contributed by atoms with Gasteiger partial charge in [-0.1, -0.05) is 19.9 Å². The van der Waals surface area contributed by atoms with E-state index in [9.17, 15) is 4.79 Å². The number of carbonyl (C=O) groups excluding carboxylic acids is 1. The van der Waals surface area contributed by atoms with Crippen LogP contribution in [-0.4, -0.2) is 37.5 Å². The molecule has 3 N–H and O–H groups in total. The summed E-state index contributed by atoms with van der Waals surface area (Å²) in [6, 6.07) is 5.86. The minimum absolute atomic E-state index is 0.0134. The minimum atomic E-state index is -0.0233. The van der Waals surface area contributed by atoms with Gasteiger partial charge >= 0.3 is 0 Å². The molecular formula is C15H24BrN3O. The lowest BCUT2D eigenvalue weighted by atomic mass is 9.93. The highest BCUT2D eigenvalue weighted by molar-refractivity contribution is 9.10. The van der Waals surface area contributed by atoms with Gasteiger partial charge in [0.15, 0.2) is 0 Å². The van der Waals surface area contributed by atoms with E-state index in [2.05, 4.69) is 35.1 Å². The van der Waals surface area contributed by atoms with Crippen molar-refractivity contribution in [2.45, 2.75) is 20.8 Å². The van der Waals surface area contributed by atoms with E-state index in [0.717, 1.165) is 22.3 Å². The highest BCUT2D eigenvalue weighted by atomic mass is 79.9. The van der Waals surface area contributed by atoms with Gasteiger partial charge in [0.2, 0.25) is 5.91 Å². The summed E-state index contributed by atoms with van der Waals surface area (Å²) in [5.74, 6) is -0.0233. The molecule has 0 aromatic heterocycles. The average Bonchev–Trinajstić information content (AvgIpc) is 2.32. The van der Waals surface area contributed by atoms with Crippen molar-refractivity contribution in [2.75, 3.05) is 32.0 Å². The zero-order chi connectivity index (χ0) is 15.3. The van der Waals surface area contributed by atoms with Crippen molar-refractivity contribution in [3.8, 4) is 0 Å². The number of likely N-dealkylation sites (N-methyl/N-ethyl adjacent to an activating group) is 1. The van der Waals surface area contributed by atoms with Gasteiger partial charge in [-0.3, -0.25) is 9.69 Å². The number of amides is 1. The fraction of sp³-hybridized carbons (Fsp3) is 0.533. The van der Waals surface area contributed by atoms with Gasteiger partial charge in [-0.05, 0) is 59.6 Å². The van der Waals surface area contributed by atoms with E-state index in [4.69, 9.17) is 5.73 Å². The number of halogens is 1. The Balaban J connectivity index is 2.55. The fourth-order valence-electron chi connectivity index (χ4n) is 2.01. The maximum Gasteiger partial charge on any atom is 0.238 e. The molecule has 0 unspecified atom stereocenters. The Bertz CT molecular complexity index is 474. The van der Waals surface area contributed by atoms with Crippen LogP contribution >= 0.6 is 15.9 Å². The Hall–Kier alpha value is -0.910. The van der Waals surface area contributed by atoms with Gasteiger partial charge in [0.1, 0.15) is 0 Å². The van der Waals surface area contributed by atoms with Gasteiger partial charge in [-0.15, -0.1) is 0 Å². The Morgan fingerprint density at radius 3 is 2.65 bits per heavy atom. The zero-order valence-corrected chi connectivity index (χ0v) is 14.3. The molecule has 112 valence electrons. The Morgan fingerprint density at radius 1 is 1.45 bits per heavy atom. The van der Waals surface area contributed by atoms with E-state index < -0.39 is 0 Å². The van der Waals surface area contributed by atoms with E-state index in [-0.39, 0.29) is 11.3 Å². The predicted molar refractivity (Wildman–Crippen MR) is 87.8 cm³/mol. The van der Waals surface area contributed by atoms with Gasteiger partial charge in [-0.2, -0.15) is 0 Å². The maximum absolute atomic E-state index is 12.0. The fourth-order valence-corrected chi connectivity index (χ4v) is 2.60. The summed E-state index contributed by atoms with van der Waals surface area (Å²) in [5.41, 5.74) is 7.67. The third kappa shape index (κ3) is 5.61. The van der Waals surface area contributed by atoms with E-state index in [1.165, 1.54) is 0 Å². The lowest BCUT2D eigenvalue weighted by Crippen LogP contribution is -2.40. The summed E-state index contributed by atoms with van der Waals surface area (Å²) >= 11 is 3.46. The lowest BCUT2D eigenvalue weighted by molar-refractivity contribution is -0.117. The Morgan fingerprint density at radius 2 is 2.10 bits per heavy atom. The van der Waals surface area contributed by atoms with Crippen LogP contribution in [0.15, 0.2) is 22.7 Å². The molecule has 0 atom stereocenters. The first kappa shape index (κ1) is 17.1. The highest BCUT2D eigenvalue weighted by Gasteiger charge is 2.19. The molecule has 4 nitrogen and oxygen atoms in total. The number of hydrogen-bond acceptors (Lipinski definition) is 3. The van der Waals surface area contributed by atoms with Crippen molar-refractivity contribution >= 4 is 27.5 Å². The molecule has 0 fully saturated rings. The molecule has 0 heterocycles. The molecule has 0 saturated heterocycles. The van der Waals surface area contributed by atoms with Crippen molar-refractivity contribution in [1.82, 2.24) is 4.90 Å². The van der Waals surface area contributed by atoms with E-state index >= 15 is 0 Å². The zero-order valence-electron chi connectivity index (χ0n) is 12.7. The first-order valence-corrected chi connectivity index (χ1v) is 7.47. The summed E-state index contributed by atoms with van der Waals surface area (Å²) in [6.07, 6.45) is 0. The summed E-state index contributed by atoms with van der Waals surface area (Å²) in [4.78, 5) is 14.0. The van der Waals surface area contributed by atoms with E-state index in [1.54, 1.807) is 0 Å². The smallest absolute Gasteiger partial charge is 0.238 e. The number of hydrogen-bond donors (Lipinski definition) is 2. The molecule has 1 aromatic carbocycles. The molecule has 20 heavy (non-hydrogen) atoms. The average molecular weight is 342 g/mol. The normalized spacial score (nSPS) is 11.8. The number of rotatable bonds is 6. The van der Waals surface area contributed by atoms with Crippen LogP contribution in [0, 0.1) is 12.3 Å². The SMILES string of the molecule is Cc1ccc(NC(=O)CN(C)CC(C)(C)CN)c(Br)c1. The molecule has 1 aromatic rings. The molecule has 1 amide bonds. The number of nitrogens with two attached hydrogens (primary N) is 1. The molecule has 0 radical (unpaired) electrons. The molecule has 0 saturated carbocycles. The van der Waals surface area contributed by atoms with Crippen molar-refractivity contribution in [2.24, 2.45) is 11.1 Å². The standard InChI is InChI=1S/C15H24BrN3O/c1-11-5-6-13(12(16)7-11)18-14(20)8-19(4)10-15(2,3)9-17/h5-7H,8-10,17H2,1-4H3,(H,18,20). The monoisotopic (exact) mass is 341 g/mol. The van der Waals surface area contributed by atoms with Crippen LogP contribution in [0.25, 0.3) is 0 Å². The van der Waals surface area contributed by atoms with Gasteiger partial charge in [0.05, 0.1) is 12.2 Å². The van der Waals surface area contributed by atoms with Crippen molar-refractivity contribution < 1.29 is 4.79 Å². The molecular weight excluding hydrogens is 318 g/mol. The molecule has 0 bridgehead atoms. The summed E-state index contributed by atoms with van der Waals surface area (Å²) in [6.45, 7) is 7.94. The van der Waals surface area contributed by atoms with Crippen LogP contribution in [0.1, 0.15) is 19.4 Å². The molecule has 5 heteroatoms. The molecule has 0 aliphatic heterocycles. The van der Waals surface area contributed by atoms with Crippen LogP contribution in [0.2, 0.25) is 0 Å². The molecule has 0 aliphatic rings. The number of nitrogens with one attached hydrogen (secondary N) is 1. The van der Waals surface area contributed by atoms with Gasteiger partial charge < -0.3 is 11.1 Å². The van der Waals surface area contributed by atoms with Crippen LogP contribution in [0.3, 0.4) is 0 Å². The molecule has 0 aliphatic carbocycles. The topological polar surface area (TPSA) is 58.4 Å². The van der Waals surface area contributed by atoms with Crippen molar-refractivity contribution in [1.29, 1.82) is 0 Å². The third-order valence-corrected chi connectivity index (χ3v) is 3.72. The van der Waals surface area contributed by atoms with Gasteiger partial charge in [0.25, 0.3) is 0 Å². The number of aryl methyl sites for hydroxylation is 1. The van der Waals surface area contributed by atoms with Crippen LogP contribution in [0.5, 0.6) is 0 Å². The number of carbonyl (C=O) groups is 1. The largest absolute Gasteiger partial charge is 0.330 e. The van der Waals surface area contributed by atoms with Crippen molar-refractivity contribution in [3.63, 3.8) is 0 Å². The molecule has 1 rings (SSSR count).